The summed E-state index contributed by atoms with van der Waals surface area (Å²) < 4.78 is 0. The molecule has 3 unspecified atom stereocenters. The first kappa shape index (κ1) is 13.7. The van der Waals surface area contributed by atoms with Crippen molar-refractivity contribution in [2.75, 3.05) is 6.54 Å². The predicted molar refractivity (Wildman–Crippen MR) is 78.7 cm³/mol. The highest BCUT2D eigenvalue weighted by Gasteiger charge is 2.32. The summed E-state index contributed by atoms with van der Waals surface area (Å²) in [6.07, 6.45) is 11.6. The van der Waals surface area contributed by atoms with Crippen LogP contribution in [0.3, 0.4) is 0 Å². The van der Waals surface area contributed by atoms with Gasteiger partial charge in [-0.3, -0.25) is 0 Å². The highest BCUT2D eigenvalue weighted by atomic mass is 32.2. The minimum absolute atomic E-state index is 0.799. The van der Waals surface area contributed by atoms with Crippen LogP contribution < -0.4 is 5.32 Å². The molecular weight excluding hydrogens is 226 g/mol. The van der Waals surface area contributed by atoms with Crippen molar-refractivity contribution in [2.24, 2.45) is 5.92 Å². The van der Waals surface area contributed by atoms with Gasteiger partial charge in [-0.25, -0.2) is 0 Å². The van der Waals surface area contributed by atoms with Crippen LogP contribution in [0.1, 0.15) is 65.2 Å². The molecule has 2 aliphatic carbocycles. The van der Waals surface area contributed by atoms with Gasteiger partial charge in [0, 0.05) is 16.5 Å². The molecule has 0 bridgehead atoms. The fourth-order valence-corrected chi connectivity index (χ4v) is 5.41. The predicted octanol–water partition coefficient (Wildman–Crippen LogP) is 4.22. The van der Waals surface area contributed by atoms with Crippen molar-refractivity contribution in [1.82, 2.24) is 5.32 Å². The Morgan fingerprint density at radius 2 is 1.82 bits per heavy atom. The van der Waals surface area contributed by atoms with Crippen molar-refractivity contribution in [1.29, 1.82) is 0 Å². The van der Waals surface area contributed by atoms with Crippen LogP contribution in [0.15, 0.2) is 0 Å². The van der Waals surface area contributed by atoms with Crippen LogP contribution in [0.5, 0.6) is 0 Å². The second-order valence-corrected chi connectivity index (χ2v) is 7.38. The van der Waals surface area contributed by atoms with E-state index < -0.39 is 0 Å². The average molecular weight is 255 g/mol. The Bertz CT molecular complexity index is 213. The van der Waals surface area contributed by atoms with Crippen LogP contribution >= 0.6 is 11.8 Å². The second-order valence-electron chi connectivity index (χ2n) is 5.83. The van der Waals surface area contributed by atoms with E-state index in [4.69, 9.17) is 0 Å². The molecule has 2 saturated carbocycles. The van der Waals surface area contributed by atoms with Gasteiger partial charge in [-0.05, 0) is 44.6 Å². The summed E-state index contributed by atoms with van der Waals surface area (Å²) in [5, 5.41) is 5.62. The molecule has 3 atom stereocenters. The molecule has 1 nitrogen and oxygen atoms in total. The quantitative estimate of drug-likeness (QED) is 0.789. The Kier molecular flexibility index (Phi) is 5.68. The molecule has 0 amide bonds. The van der Waals surface area contributed by atoms with E-state index in [-0.39, 0.29) is 0 Å². The number of rotatable bonds is 5. The molecule has 2 heteroatoms. The minimum Gasteiger partial charge on any atom is -0.313 e. The van der Waals surface area contributed by atoms with Crippen LogP contribution in [-0.4, -0.2) is 23.1 Å². The van der Waals surface area contributed by atoms with Crippen molar-refractivity contribution < 1.29 is 0 Å². The van der Waals surface area contributed by atoms with Gasteiger partial charge in [-0.15, -0.1) is 0 Å². The van der Waals surface area contributed by atoms with Crippen molar-refractivity contribution >= 4 is 11.8 Å². The summed E-state index contributed by atoms with van der Waals surface area (Å²) >= 11 is 2.33. The molecule has 2 fully saturated rings. The second kappa shape index (κ2) is 7.04. The fraction of sp³-hybridized carbons (Fsp3) is 1.00. The molecule has 0 aromatic heterocycles. The molecule has 17 heavy (non-hydrogen) atoms. The molecule has 0 aliphatic heterocycles. The third kappa shape index (κ3) is 3.89. The molecule has 0 radical (unpaired) electrons. The zero-order valence-electron chi connectivity index (χ0n) is 11.6. The molecule has 0 heterocycles. The van der Waals surface area contributed by atoms with E-state index in [1.54, 1.807) is 0 Å². The maximum Gasteiger partial charge on any atom is 0.0206 e. The molecule has 100 valence electrons. The summed E-state index contributed by atoms with van der Waals surface area (Å²) in [6.45, 7) is 5.77. The molecule has 0 saturated heterocycles. The molecule has 2 rings (SSSR count). The molecular formula is C15H29NS. The third-order valence-corrected chi connectivity index (χ3v) is 6.34. The van der Waals surface area contributed by atoms with E-state index in [1.165, 1.54) is 51.4 Å². The molecule has 0 aromatic rings. The van der Waals surface area contributed by atoms with Crippen molar-refractivity contribution in [3.63, 3.8) is 0 Å². The molecule has 0 spiro atoms. The van der Waals surface area contributed by atoms with E-state index in [1.807, 2.05) is 0 Å². The van der Waals surface area contributed by atoms with Crippen LogP contribution in [-0.2, 0) is 0 Å². The fourth-order valence-electron chi connectivity index (χ4n) is 3.50. The zero-order valence-corrected chi connectivity index (χ0v) is 12.4. The van der Waals surface area contributed by atoms with Crippen LogP contribution in [0, 0.1) is 5.92 Å². The highest BCUT2D eigenvalue weighted by Crippen LogP contribution is 2.40. The maximum absolute atomic E-state index is 3.73. The average Bonchev–Trinajstić information content (AvgIpc) is 2.84. The van der Waals surface area contributed by atoms with Gasteiger partial charge in [0.1, 0.15) is 0 Å². The largest absolute Gasteiger partial charge is 0.313 e. The van der Waals surface area contributed by atoms with Gasteiger partial charge in [0.2, 0.25) is 0 Å². The van der Waals surface area contributed by atoms with Gasteiger partial charge in [-0.1, -0.05) is 33.1 Å². The topological polar surface area (TPSA) is 12.0 Å². The smallest absolute Gasteiger partial charge is 0.0206 e. The Morgan fingerprint density at radius 1 is 1.06 bits per heavy atom. The monoisotopic (exact) mass is 255 g/mol. The number of thioether (sulfide) groups is 1. The Balaban J connectivity index is 1.87. The number of nitrogens with one attached hydrogen (secondary N) is 1. The van der Waals surface area contributed by atoms with Crippen molar-refractivity contribution in [3.8, 4) is 0 Å². The first-order valence-corrected chi connectivity index (χ1v) is 8.66. The Hall–Kier alpha value is 0.310. The number of hydrogen-bond donors (Lipinski definition) is 1. The van der Waals surface area contributed by atoms with Crippen LogP contribution in [0.2, 0.25) is 0 Å². The lowest BCUT2D eigenvalue weighted by Gasteiger charge is -2.37. The van der Waals surface area contributed by atoms with Crippen LogP contribution in [0.25, 0.3) is 0 Å². The zero-order chi connectivity index (χ0) is 12.1. The minimum atomic E-state index is 0.799. The van der Waals surface area contributed by atoms with Gasteiger partial charge in [-0.2, -0.15) is 11.8 Å². The lowest BCUT2D eigenvalue weighted by molar-refractivity contribution is 0.297. The Morgan fingerprint density at radius 3 is 2.47 bits per heavy atom. The highest BCUT2D eigenvalue weighted by molar-refractivity contribution is 8.00. The summed E-state index contributed by atoms with van der Waals surface area (Å²) in [6, 6.07) is 0.799. The van der Waals surface area contributed by atoms with Gasteiger partial charge in [0.15, 0.2) is 0 Å². The summed E-state index contributed by atoms with van der Waals surface area (Å²) in [7, 11) is 0. The van der Waals surface area contributed by atoms with E-state index in [0.29, 0.717) is 0 Å². The van der Waals surface area contributed by atoms with E-state index in [9.17, 15) is 0 Å². The normalized spacial score (nSPS) is 35.3. The lowest BCUT2D eigenvalue weighted by Crippen LogP contribution is -2.43. The van der Waals surface area contributed by atoms with E-state index in [2.05, 4.69) is 30.9 Å². The van der Waals surface area contributed by atoms with Crippen LogP contribution in [0.4, 0.5) is 0 Å². The van der Waals surface area contributed by atoms with Gasteiger partial charge >= 0.3 is 0 Å². The standard InChI is InChI=1S/C15H29NS/c1-3-12-9-10-14(16-4-2)15(11-12)17-13-7-5-6-8-13/h12-16H,3-11H2,1-2H3. The van der Waals surface area contributed by atoms with Crippen molar-refractivity contribution in [3.05, 3.63) is 0 Å². The Labute approximate surface area is 112 Å². The molecule has 1 N–H and O–H groups in total. The van der Waals surface area contributed by atoms with Gasteiger partial charge in [0.05, 0.1) is 0 Å². The van der Waals surface area contributed by atoms with Gasteiger partial charge < -0.3 is 5.32 Å². The number of hydrogen-bond acceptors (Lipinski definition) is 2. The SMILES string of the molecule is CCNC1CCC(CC)CC1SC1CCCC1. The van der Waals surface area contributed by atoms with E-state index in [0.717, 1.165) is 29.0 Å². The summed E-state index contributed by atoms with van der Waals surface area (Å²) in [4.78, 5) is 0. The molecule has 2 aliphatic rings. The molecule has 0 aromatic carbocycles. The van der Waals surface area contributed by atoms with Gasteiger partial charge in [0.25, 0.3) is 0 Å². The summed E-state index contributed by atoms with van der Waals surface area (Å²) in [5.74, 6) is 1.00. The first-order valence-electron chi connectivity index (χ1n) is 7.72. The maximum atomic E-state index is 3.73. The summed E-state index contributed by atoms with van der Waals surface area (Å²) in [5.41, 5.74) is 0. The first-order chi connectivity index (χ1) is 8.33. The lowest BCUT2D eigenvalue weighted by atomic mass is 9.84. The third-order valence-electron chi connectivity index (χ3n) is 4.61. The van der Waals surface area contributed by atoms with E-state index >= 15 is 0 Å². The van der Waals surface area contributed by atoms with Crippen molar-refractivity contribution in [2.45, 2.75) is 81.8 Å².